The number of hydrogen-bond acceptors (Lipinski definition) is 6. The van der Waals surface area contributed by atoms with Crippen molar-refractivity contribution in [3.05, 3.63) is 65.0 Å². The summed E-state index contributed by atoms with van der Waals surface area (Å²) < 4.78 is 30.5. The molecule has 4 aliphatic rings. The second-order valence-electron chi connectivity index (χ2n) is 11.7. The topological polar surface area (TPSA) is 93.9 Å². The summed E-state index contributed by atoms with van der Waals surface area (Å²) in [6, 6.07) is 12.7. The van der Waals surface area contributed by atoms with Crippen LogP contribution in [0.25, 0.3) is 10.9 Å². The van der Waals surface area contributed by atoms with Crippen molar-refractivity contribution in [1.82, 2.24) is 20.2 Å². The average molecular weight is 545 g/mol. The molecule has 1 aliphatic carbocycles. The molecule has 2 fully saturated rings. The van der Waals surface area contributed by atoms with Gasteiger partial charge >= 0.3 is 0 Å². The normalized spacial score (nSPS) is 25.9. The summed E-state index contributed by atoms with van der Waals surface area (Å²) in [6.45, 7) is 4.94. The van der Waals surface area contributed by atoms with Gasteiger partial charge in [0.2, 0.25) is 5.91 Å². The summed E-state index contributed by atoms with van der Waals surface area (Å²) in [5, 5.41) is 17.0. The fraction of sp³-hybridized carbons (Fsp3) is 0.484. The molecule has 2 N–H and O–H groups in total. The van der Waals surface area contributed by atoms with Crippen LogP contribution in [0.3, 0.4) is 0 Å². The molecule has 8 bridgehead atoms. The van der Waals surface area contributed by atoms with E-state index in [1.807, 2.05) is 25.1 Å². The Kier molecular flexibility index (Phi) is 6.91. The van der Waals surface area contributed by atoms with Gasteiger partial charge in [-0.1, -0.05) is 24.3 Å². The Labute approximate surface area is 233 Å². The number of aromatic nitrogens is 2. The first kappa shape index (κ1) is 26.6. The van der Waals surface area contributed by atoms with Crippen LogP contribution in [0.5, 0.6) is 0 Å². The van der Waals surface area contributed by atoms with Crippen molar-refractivity contribution in [1.29, 1.82) is 5.26 Å². The summed E-state index contributed by atoms with van der Waals surface area (Å²) in [6.07, 6.45) is 4.26. The summed E-state index contributed by atoms with van der Waals surface area (Å²) >= 11 is 0. The zero-order chi connectivity index (χ0) is 27.9. The van der Waals surface area contributed by atoms with E-state index >= 15 is 8.78 Å². The maximum Gasteiger partial charge on any atom is 0.273 e. The van der Waals surface area contributed by atoms with Gasteiger partial charge in [0.25, 0.3) is 5.92 Å². The molecule has 7 rings (SSSR count). The Bertz CT molecular complexity index is 1470. The molecule has 3 aromatic rings. The highest BCUT2D eigenvalue weighted by Crippen LogP contribution is 2.49. The fourth-order valence-corrected chi connectivity index (χ4v) is 6.02. The minimum Gasteiger partial charge on any atom is -0.363 e. The minimum absolute atomic E-state index is 0.0344. The number of nitriles is 1. The molecule has 1 saturated heterocycles. The lowest BCUT2D eigenvalue weighted by molar-refractivity contribution is -0.120. The third-order valence-electron chi connectivity index (χ3n) is 8.72. The third kappa shape index (κ3) is 5.25. The molecule has 2 aromatic carbocycles. The van der Waals surface area contributed by atoms with E-state index in [1.54, 1.807) is 12.1 Å². The van der Waals surface area contributed by atoms with Gasteiger partial charge in [-0.15, -0.1) is 0 Å². The van der Waals surface area contributed by atoms with Gasteiger partial charge in [0.1, 0.15) is 12.1 Å². The summed E-state index contributed by atoms with van der Waals surface area (Å²) in [7, 11) is 0. The standard InChI is InChI=1S/C31H34F2N6O/c1-20-22-4-2-5-24(12-22)31(32,33)7-6-21-16-39(17-21)11-3-10-35-27(40)14-23-13-25(30(18-34)8-9-30)15-26-28(23)36-19-37-29(26)38-20/h2,4-5,12-13,15,19-21H,3,6-11,14,16-17H2,1H3,(H,35,40)(H,36,37,38)/t20-/m1/s1. The number of anilines is 1. The van der Waals surface area contributed by atoms with Gasteiger partial charge in [-0.3, -0.25) is 4.79 Å². The van der Waals surface area contributed by atoms with E-state index in [0.29, 0.717) is 24.3 Å². The number of nitrogens with zero attached hydrogens (tertiary/aromatic N) is 4. The molecule has 4 heterocycles. The second kappa shape index (κ2) is 10.4. The largest absolute Gasteiger partial charge is 0.363 e. The van der Waals surface area contributed by atoms with Crippen molar-refractivity contribution in [2.24, 2.45) is 5.92 Å². The van der Waals surface area contributed by atoms with Gasteiger partial charge in [0, 0.05) is 43.0 Å². The first-order valence-corrected chi connectivity index (χ1v) is 14.2. The highest BCUT2D eigenvalue weighted by atomic mass is 19.3. The van der Waals surface area contributed by atoms with Crippen molar-refractivity contribution < 1.29 is 13.6 Å². The molecule has 1 saturated carbocycles. The van der Waals surface area contributed by atoms with Crippen LogP contribution in [-0.2, 0) is 22.6 Å². The van der Waals surface area contributed by atoms with Crippen molar-refractivity contribution in [2.45, 2.75) is 62.8 Å². The number of alkyl halides is 2. The van der Waals surface area contributed by atoms with Crippen LogP contribution >= 0.6 is 0 Å². The number of nitrogens with one attached hydrogen (secondary N) is 2. The summed E-state index contributed by atoms with van der Waals surface area (Å²) in [5.41, 5.74) is 2.48. The first-order chi connectivity index (χ1) is 19.3. The van der Waals surface area contributed by atoms with Crippen LogP contribution in [0.15, 0.2) is 42.7 Å². The molecule has 208 valence electrons. The van der Waals surface area contributed by atoms with E-state index in [9.17, 15) is 10.1 Å². The Morgan fingerprint density at radius 1 is 1.10 bits per heavy atom. The van der Waals surface area contributed by atoms with Crippen molar-refractivity contribution in [3.63, 3.8) is 0 Å². The lowest BCUT2D eigenvalue weighted by atomic mass is 9.90. The maximum absolute atomic E-state index is 15.3. The zero-order valence-corrected chi connectivity index (χ0v) is 22.7. The van der Waals surface area contributed by atoms with Gasteiger partial charge in [-0.25, -0.2) is 18.7 Å². The Morgan fingerprint density at radius 3 is 2.70 bits per heavy atom. The smallest absolute Gasteiger partial charge is 0.273 e. The van der Waals surface area contributed by atoms with E-state index in [1.165, 1.54) is 12.4 Å². The number of amides is 1. The predicted molar refractivity (Wildman–Crippen MR) is 149 cm³/mol. The van der Waals surface area contributed by atoms with Crippen LogP contribution in [0.2, 0.25) is 0 Å². The van der Waals surface area contributed by atoms with E-state index in [0.717, 1.165) is 61.0 Å². The Balaban J connectivity index is 1.38. The highest BCUT2D eigenvalue weighted by molar-refractivity contribution is 5.94. The van der Waals surface area contributed by atoms with Crippen molar-refractivity contribution in [2.75, 3.05) is 31.5 Å². The number of hydrogen-bond donors (Lipinski definition) is 2. The van der Waals surface area contributed by atoms with Crippen molar-refractivity contribution in [3.8, 4) is 6.07 Å². The monoisotopic (exact) mass is 544 g/mol. The maximum atomic E-state index is 15.3. The predicted octanol–water partition coefficient (Wildman–Crippen LogP) is 5.22. The van der Waals surface area contributed by atoms with Crippen LogP contribution in [0.4, 0.5) is 14.6 Å². The second-order valence-corrected chi connectivity index (χ2v) is 11.7. The van der Waals surface area contributed by atoms with Gasteiger partial charge in [-0.2, -0.15) is 5.26 Å². The molecular weight excluding hydrogens is 510 g/mol. The van der Waals surface area contributed by atoms with Crippen LogP contribution in [-0.4, -0.2) is 47.0 Å². The molecular formula is C31H34F2N6O. The highest BCUT2D eigenvalue weighted by Gasteiger charge is 2.45. The van der Waals surface area contributed by atoms with Gasteiger partial charge in [0.15, 0.2) is 0 Å². The van der Waals surface area contributed by atoms with Gasteiger partial charge in [0.05, 0.1) is 23.4 Å². The summed E-state index contributed by atoms with van der Waals surface area (Å²) in [5.74, 6) is -2.17. The van der Waals surface area contributed by atoms with E-state index in [-0.39, 0.29) is 36.3 Å². The number of rotatable bonds is 1. The van der Waals surface area contributed by atoms with Gasteiger partial charge in [-0.05, 0) is 73.9 Å². The lowest BCUT2D eigenvalue weighted by Crippen LogP contribution is -2.47. The SMILES string of the molecule is C[C@H]1Nc2ncnc3c(cc(C4(C#N)CC4)cc23)CC(=O)NCCCN2CC(CCC(F)(F)c3cccc1c3)C2. The number of benzene rings is 2. The first-order valence-electron chi connectivity index (χ1n) is 14.2. The number of fused-ring (bicyclic) bond motifs is 8. The third-order valence-corrected chi connectivity index (χ3v) is 8.72. The molecule has 0 radical (unpaired) electrons. The molecule has 3 aliphatic heterocycles. The Hall–Kier alpha value is -3.64. The zero-order valence-electron chi connectivity index (χ0n) is 22.7. The van der Waals surface area contributed by atoms with Crippen molar-refractivity contribution >= 4 is 22.6 Å². The number of carbonyl (C=O) groups excluding carboxylic acids is 1. The molecule has 0 unspecified atom stereocenters. The van der Waals surface area contributed by atoms with Gasteiger partial charge < -0.3 is 15.5 Å². The summed E-state index contributed by atoms with van der Waals surface area (Å²) in [4.78, 5) is 24.2. The van der Waals surface area contributed by atoms with Crippen LogP contribution < -0.4 is 10.6 Å². The van der Waals surface area contributed by atoms with E-state index in [4.69, 9.17) is 0 Å². The molecule has 40 heavy (non-hydrogen) atoms. The average Bonchev–Trinajstić information content (AvgIpc) is 3.73. The number of carbonyl (C=O) groups is 1. The van der Waals surface area contributed by atoms with E-state index in [2.05, 4.69) is 31.6 Å². The van der Waals surface area contributed by atoms with E-state index < -0.39 is 11.3 Å². The van der Waals surface area contributed by atoms with Crippen LogP contribution in [0, 0.1) is 17.2 Å². The number of halogens is 2. The molecule has 7 nitrogen and oxygen atoms in total. The quantitative estimate of drug-likeness (QED) is 0.436. The van der Waals surface area contributed by atoms with Crippen LogP contribution in [0.1, 0.15) is 67.3 Å². The molecule has 1 aromatic heterocycles. The molecule has 1 amide bonds. The minimum atomic E-state index is -2.90. The Morgan fingerprint density at radius 2 is 1.93 bits per heavy atom. The fourth-order valence-electron chi connectivity index (χ4n) is 6.02. The molecule has 1 atom stereocenters. The molecule has 0 spiro atoms. The molecule has 9 heteroatoms. The lowest BCUT2D eigenvalue weighted by Gasteiger charge is -2.40.